The minimum atomic E-state index is 0.205. The number of fused-ring (bicyclic) bond motifs is 1. The van der Waals surface area contributed by atoms with Gasteiger partial charge >= 0.3 is 0 Å². The molecule has 0 saturated carbocycles. The second kappa shape index (κ2) is 8.68. The topological polar surface area (TPSA) is 58.1 Å². The van der Waals surface area contributed by atoms with Crippen molar-refractivity contribution >= 4 is 11.0 Å². The molecule has 0 bridgehead atoms. The molecule has 1 aliphatic rings. The first kappa shape index (κ1) is 19.5. The second-order valence-corrected chi connectivity index (χ2v) is 7.11. The molecule has 6 nitrogen and oxygen atoms in total. The molecule has 1 aliphatic heterocycles. The van der Waals surface area contributed by atoms with E-state index in [0.717, 1.165) is 55.0 Å². The van der Waals surface area contributed by atoms with Crippen molar-refractivity contribution in [3.05, 3.63) is 53.9 Å². The first-order valence-electron chi connectivity index (χ1n) is 9.90. The Morgan fingerprint density at radius 3 is 2.48 bits per heavy atom. The van der Waals surface area contributed by atoms with Crippen molar-refractivity contribution in [1.29, 1.82) is 0 Å². The Kier molecular flexibility index (Phi) is 5.83. The molecule has 2 heterocycles. The maximum absolute atomic E-state index is 9.20. The van der Waals surface area contributed by atoms with Crippen LogP contribution in [-0.2, 0) is 0 Å². The molecule has 3 aromatic rings. The van der Waals surface area contributed by atoms with Crippen molar-refractivity contribution in [3.63, 3.8) is 0 Å². The second-order valence-electron chi connectivity index (χ2n) is 7.11. The number of piperazine rings is 1. The number of aliphatic hydroxyl groups is 1. The van der Waals surface area contributed by atoms with E-state index in [1.807, 2.05) is 36.4 Å². The number of rotatable bonds is 5. The summed E-state index contributed by atoms with van der Waals surface area (Å²) in [7, 11) is 3.27. The van der Waals surface area contributed by atoms with Crippen molar-refractivity contribution < 1.29 is 19.0 Å². The van der Waals surface area contributed by atoms with Crippen LogP contribution in [0.3, 0.4) is 0 Å². The van der Waals surface area contributed by atoms with Gasteiger partial charge in [-0.05, 0) is 30.3 Å². The van der Waals surface area contributed by atoms with Gasteiger partial charge in [0, 0.05) is 12.1 Å². The minimum Gasteiger partial charge on any atom is -0.493 e. The van der Waals surface area contributed by atoms with Gasteiger partial charge in [0.2, 0.25) is 5.36 Å². The summed E-state index contributed by atoms with van der Waals surface area (Å²) in [6.45, 7) is 4.64. The lowest BCUT2D eigenvalue weighted by Crippen LogP contribution is -2.48. The molecular weight excluding hydrogens is 368 g/mol. The fourth-order valence-electron chi connectivity index (χ4n) is 3.86. The number of hydrogen-bond acceptors (Lipinski definition) is 5. The monoisotopic (exact) mass is 395 g/mol. The van der Waals surface area contributed by atoms with Crippen molar-refractivity contribution in [1.82, 2.24) is 9.48 Å². The Balaban J connectivity index is 1.83. The van der Waals surface area contributed by atoms with E-state index in [1.165, 1.54) is 5.36 Å². The van der Waals surface area contributed by atoms with Crippen LogP contribution < -0.4 is 19.4 Å². The first-order valence-corrected chi connectivity index (χ1v) is 9.90. The Hall–Kier alpha value is -2.83. The third kappa shape index (κ3) is 3.99. The molecule has 0 aliphatic carbocycles. The third-order valence-electron chi connectivity index (χ3n) is 5.45. The van der Waals surface area contributed by atoms with Gasteiger partial charge < -0.3 is 19.0 Å². The highest BCUT2D eigenvalue weighted by molar-refractivity contribution is 5.78. The van der Waals surface area contributed by atoms with E-state index < -0.39 is 0 Å². The number of benzene rings is 2. The summed E-state index contributed by atoms with van der Waals surface area (Å²) < 4.78 is 19.5. The molecule has 1 saturated heterocycles. The predicted octanol–water partition coefficient (Wildman–Crippen LogP) is 2.20. The lowest BCUT2D eigenvalue weighted by Gasteiger charge is -2.24. The van der Waals surface area contributed by atoms with Gasteiger partial charge in [-0.3, -0.25) is 4.90 Å². The van der Waals surface area contributed by atoms with Gasteiger partial charge in [0.25, 0.3) is 0 Å². The van der Waals surface area contributed by atoms with Crippen molar-refractivity contribution in [2.24, 2.45) is 0 Å². The molecule has 152 valence electrons. The number of aliphatic hydroxyl groups excluding tert-OH is 1. The predicted molar refractivity (Wildman–Crippen MR) is 113 cm³/mol. The van der Waals surface area contributed by atoms with Crippen LogP contribution >= 0.6 is 0 Å². The summed E-state index contributed by atoms with van der Waals surface area (Å²) in [6.07, 6.45) is 0. The average molecular weight is 395 g/mol. The van der Waals surface area contributed by atoms with Gasteiger partial charge in [-0.25, -0.2) is 4.58 Å². The molecule has 0 atom stereocenters. The zero-order chi connectivity index (χ0) is 20.2. The zero-order valence-corrected chi connectivity index (χ0v) is 16.9. The molecule has 29 heavy (non-hydrogen) atoms. The van der Waals surface area contributed by atoms with E-state index in [2.05, 4.69) is 21.6 Å². The van der Waals surface area contributed by atoms with Gasteiger partial charge in [0.15, 0.2) is 24.6 Å². The Morgan fingerprint density at radius 1 is 1.00 bits per heavy atom. The zero-order valence-electron chi connectivity index (χ0n) is 16.9. The van der Waals surface area contributed by atoms with E-state index >= 15 is 0 Å². The lowest BCUT2D eigenvalue weighted by atomic mass is 10.1. The van der Waals surface area contributed by atoms with Crippen LogP contribution in [0.2, 0.25) is 0 Å². The van der Waals surface area contributed by atoms with Gasteiger partial charge in [-0.2, -0.15) is 0 Å². The first-order chi connectivity index (χ1) is 14.2. The maximum Gasteiger partial charge on any atom is 0.214 e. The smallest absolute Gasteiger partial charge is 0.214 e. The average Bonchev–Trinajstić information content (AvgIpc) is 2.78. The van der Waals surface area contributed by atoms with Crippen LogP contribution in [0.5, 0.6) is 11.5 Å². The van der Waals surface area contributed by atoms with Crippen molar-refractivity contribution in [3.8, 4) is 22.8 Å². The molecule has 6 heteroatoms. The fraction of sp³-hybridized carbons (Fsp3) is 0.348. The molecule has 0 spiro atoms. The normalized spacial score (nSPS) is 14.9. The van der Waals surface area contributed by atoms with Gasteiger partial charge in [0.05, 0.1) is 45.4 Å². The molecule has 4 rings (SSSR count). The minimum absolute atomic E-state index is 0.205. The fourth-order valence-corrected chi connectivity index (χ4v) is 3.86. The standard InChI is InChI=1S/C23H27N2O4/c1-27-21-8-7-17(15-23(21)28-2)22-16-19(18-5-3-4-6-20(18)29-22)25-11-9-24(10-12-25)13-14-26/h3-8,15-16,26H,9-14H2,1-2H3/q+1. The number of para-hydroxylation sites is 1. The number of β-amino-alcohol motifs (C(OH)–C–C–N with tert-alkyl or cyclic N) is 1. The van der Waals surface area contributed by atoms with E-state index in [9.17, 15) is 5.11 Å². The van der Waals surface area contributed by atoms with Gasteiger partial charge in [-0.15, -0.1) is 0 Å². The van der Waals surface area contributed by atoms with Crippen LogP contribution in [0.15, 0.2) is 52.9 Å². The van der Waals surface area contributed by atoms with Crippen LogP contribution in [0.4, 0.5) is 0 Å². The highest BCUT2D eigenvalue weighted by Crippen LogP contribution is 2.32. The van der Waals surface area contributed by atoms with E-state index in [4.69, 9.17) is 13.9 Å². The molecule has 1 fully saturated rings. The summed E-state index contributed by atoms with van der Waals surface area (Å²) in [4.78, 5) is 2.29. The SMILES string of the molecule is COc1ccc(-c2cc(=[N+]3CCN(CCO)CC3)c3ccccc3o2)cc1OC. The van der Waals surface area contributed by atoms with Crippen LogP contribution in [-0.4, -0.2) is 63.6 Å². The largest absolute Gasteiger partial charge is 0.493 e. The number of hydrogen-bond donors (Lipinski definition) is 1. The molecule has 0 radical (unpaired) electrons. The quantitative estimate of drug-likeness (QED) is 0.672. The van der Waals surface area contributed by atoms with Gasteiger partial charge in [-0.1, -0.05) is 12.1 Å². The van der Waals surface area contributed by atoms with Crippen LogP contribution in [0, 0.1) is 0 Å². The Labute approximate surface area is 170 Å². The van der Waals surface area contributed by atoms with Crippen LogP contribution in [0.1, 0.15) is 0 Å². The Bertz CT molecular complexity index is 1060. The maximum atomic E-state index is 9.20. The van der Waals surface area contributed by atoms with E-state index in [0.29, 0.717) is 11.5 Å². The van der Waals surface area contributed by atoms with Crippen LogP contribution in [0.25, 0.3) is 22.3 Å². The summed E-state index contributed by atoms with van der Waals surface area (Å²) >= 11 is 0. The number of nitrogens with zero attached hydrogens (tertiary/aromatic N) is 2. The Morgan fingerprint density at radius 2 is 1.76 bits per heavy atom. The third-order valence-corrected chi connectivity index (χ3v) is 5.45. The number of ether oxygens (including phenoxy) is 2. The highest BCUT2D eigenvalue weighted by Gasteiger charge is 2.21. The molecular formula is C23H27N2O4+. The summed E-state index contributed by atoms with van der Waals surface area (Å²) in [5.74, 6) is 2.15. The highest BCUT2D eigenvalue weighted by atomic mass is 16.5. The molecule has 2 aromatic carbocycles. The summed E-state index contributed by atoms with van der Waals surface area (Å²) in [5.41, 5.74) is 1.79. The van der Waals surface area contributed by atoms with Gasteiger partial charge in [0.1, 0.15) is 11.3 Å². The molecule has 1 N–H and O–H groups in total. The molecule has 1 aromatic heterocycles. The van der Waals surface area contributed by atoms with Crippen molar-refractivity contribution in [2.45, 2.75) is 0 Å². The molecule has 0 unspecified atom stereocenters. The lowest BCUT2D eigenvalue weighted by molar-refractivity contribution is 0.171. The van der Waals surface area contributed by atoms with E-state index in [1.54, 1.807) is 14.2 Å². The van der Waals surface area contributed by atoms with Crippen molar-refractivity contribution in [2.75, 3.05) is 53.6 Å². The summed E-state index contributed by atoms with van der Waals surface area (Å²) in [5, 5.41) is 11.5. The van der Waals surface area contributed by atoms with E-state index in [-0.39, 0.29) is 6.61 Å². The summed E-state index contributed by atoms with van der Waals surface area (Å²) in [6, 6.07) is 16.1. The number of methoxy groups -OCH3 is 2. The molecule has 0 amide bonds.